The van der Waals surface area contributed by atoms with Crippen LogP contribution in [-0.4, -0.2) is 118 Å². The molecule has 296 valence electrons. The summed E-state index contributed by atoms with van der Waals surface area (Å²) in [6.45, 7) is 7.71. The molecule has 2 bridgehead atoms. The maximum Gasteiger partial charge on any atom is 0.338 e. The molecule has 2 aromatic carbocycles. The first-order valence-electron chi connectivity index (χ1n) is 18.3. The van der Waals surface area contributed by atoms with E-state index < -0.39 is 94.9 Å². The molecule has 0 radical (unpaired) electrons. The molecular weight excluding hydrogens is 702 g/mol. The Bertz CT molecular complexity index is 1700. The van der Waals surface area contributed by atoms with Crippen LogP contribution in [0.2, 0.25) is 0 Å². The van der Waals surface area contributed by atoms with Crippen molar-refractivity contribution in [3.05, 3.63) is 82.9 Å². The molecule has 1 aliphatic heterocycles. The predicted molar refractivity (Wildman–Crippen MR) is 191 cm³/mol. The Morgan fingerprint density at radius 1 is 1.00 bits per heavy atom. The minimum atomic E-state index is -2.17. The second kappa shape index (κ2) is 15.0. The van der Waals surface area contributed by atoms with Gasteiger partial charge in [-0.1, -0.05) is 69.3 Å². The first-order valence-corrected chi connectivity index (χ1v) is 18.3. The van der Waals surface area contributed by atoms with Crippen LogP contribution in [0.1, 0.15) is 69.4 Å². The van der Waals surface area contributed by atoms with E-state index in [4.69, 9.17) is 34.2 Å². The van der Waals surface area contributed by atoms with Crippen molar-refractivity contribution in [3.63, 3.8) is 0 Å². The second-order valence-electron chi connectivity index (χ2n) is 15.9. The number of fused-ring (bicyclic) bond motifs is 5. The molecule has 0 aromatic heterocycles. The van der Waals surface area contributed by atoms with E-state index in [1.807, 2.05) is 0 Å². The van der Waals surface area contributed by atoms with Gasteiger partial charge in [0.1, 0.15) is 36.3 Å². The summed E-state index contributed by atoms with van der Waals surface area (Å²) in [6.07, 6.45) is -11.6. The van der Waals surface area contributed by atoms with Crippen molar-refractivity contribution in [2.24, 2.45) is 22.5 Å². The zero-order chi connectivity index (χ0) is 39.4. The molecule has 14 nitrogen and oxygen atoms in total. The predicted octanol–water partition coefficient (Wildman–Crippen LogP) is 1.91. The van der Waals surface area contributed by atoms with E-state index in [9.17, 15) is 35.1 Å². The van der Waals surface area contributed by atoms with Crippen LogP contribution >= 0.6 is 0 Å². The number of hydrogen-bond acceptors (Lipinski definition) is 14. The molecule has 3 fully saturated rings. The van der Waals surface area contributed by atoms with Crippen LogP contribution in [0, 0.1) is 16.7 Å². The highest BCUT2D eigenvalue weighted by Crippen LogP contribution is 2.65. The molecule has 4 aliphatic rings. The van der Waals surface area contributed by atoms with Crippen LogP contribution in [0.4, 0.5) is 0 Å². The summed E-state index contributed by atoms with van der Waals surface area (Å²) in [7, 11) is 1.43. The molecule has 0 spiro atoms. The molecule has 7 N–H and O–H groups in total. The van der Waals surface area contributed by atoms with Crippen molar-refractivity contribution in [2.45, 2.75) is 114 Å². The fourth-order valence-corrected chi connectivity index (χ4v) is 9.49. The smallest absolute Gasteiger partial charge is 0.338 e. The molecule has 2 aromatic rings. The molecule has 6 rings (SSSR count). The van der Waals surface area contributed by atoms with Crippen LogP contribution in [0.3, 0.4) is 0 Å². The van der Waals surface area contributed by atoms with Crippen LogP contribution in [0.15, 0.2) is 71.8 Å². The molecule has 13 atom stereocenters. The third-order valence-corrected chi connectivity index (χ3v) is 12.6. The number of aliphatic hydroxyl groups excluding tert-OH is 4. The average Bonchev–Trinajstić information content (AvgIpc) is 3.14. The minimum Gasteiger partial charge on any atom is -0.456 e. The number of rotatable bonds is 11. The van der Waals surface area contributed by atoms with Crippen LogP contribution < -0.4 is 5.73 Å². The van der Waals surface area contributed by atoms with Gasteiger partial charge in [-0.15, -0.1) is 0 Å². The van der Waals surface area contributed by atoms with Crippen LogP contribution in [-0.2, 0) is 33.2 Å². The molecule has 2 saturated carbocycles. The third kappa shape index (κ3) is 6.39. The zero-order valence-corrected chi connectivity index (χ0v) is 31.5. The van der Waals surface area contributed by atoms with Gasteiger partial charge >= 0.3 is 11.9 Å². The topological polar surface area (TPSA) is 217 Å². The first kappa shape index (κ1) is 40.4. The van der Waals surface area contributed by atoms with Crippen molar-refractivity contribution in [2.75, 3.05) is 20.5 Å². The number of carbonyl (C=O) groups is 2. The Morgan fingerprint density at radius 3 is 2.20 bits per heavy atom. The lowest BCUT2D eigenvalue weighted by molar-refractivity contribution is -0.386. The van der Waals surface area contributed by atoms with Crippen molar-refractivity contribution in [1.29, 1.82) is 0 Å². The first-order chi connectivity index (χ1) is 25.5. The van der Waals surface area contributed by atoms with E-state index in [-0.39, 0.29) is 37.4 Å². The molecule has 1 heterocycles. The van der Waals surface area contributed by atoms with Gasteiger partial charge in [-0.2, -0.15) is 0 Å². The lowest BCUT2D eigenvalue weighted by atomic mass is 9.44. The second-order valence-corrected chi connectivity index (χ2v) is 15.9. The fourth-order valence-electron chi connectivity index (χ4n) is 9.49. The van der Waals surface area contributed by atoms with Crippen LogP contribution in [0.25, 0.3) is 0 Å². The van der Waals surface area contributed by atoms with Gasteiger partial charge in [-0.3, -0.25) is 0 Å². The summed E-state index contributed by atoms with van der Waals surface area (Å²) in [6, 6.07) is 15.6. The van der Waals surface area contributed by atoms with E-state index in [0.29, 0.717) is 11.1 Å². The number of hydrogen-bond donors (Lipinski definition) is 6. The Hall–Kier alpha value is -3.28. The van der Waals surface area contributed by atoms with E-state index in [2.05, 4.69) is 0 Å². The Morgan fingerprint density at radius 2 is 1.63 bits per heavy atom. The number of esters is 2. The highest BCUT2D eigenvalue weighted by atomic mass is 16.7. The molecule has 54 heavy (non-hydrogen) atoms. The number of ether oxygens (including phenoxy) is 6. The summed E-state index contributed by atoms with van der Waals surface area (Å²) in [5, 5.41) is 60.2. The fraction of sp³-hybridized carbons (Fsp3) is 0.600. The Kier molecular flexibility index (Phi) is 11.2. The van der Waals surface area contributed by atoms with E-state index in [0.717, 1.165) is 0 Å². The lowest BCUT2D eigenvalue weighted by Gasteiger charge is -2.69. The summed E-state index contributed by atoms with van der Waals surface area (Å²) in [5.41, 5.74) is 0.896. The number of carbonyl (C=O) groups excluding carboxylic acids is 2. The van der Waals surface area contributed by atoms with E-state index in [1.165, 1.54) is 14.0 Å². The SMILES string of the molecule is COCOC12COC1CC(O)C1(C)C(O)C(OC(C)O)C3=C(C)C(OC(=O)C(O)C(N)c4ccccc4)CC(O)(C(OC(=O)c4ccccc4)C21)C3(C)C. The highest BCUT2D eigenvalue weighted by Gasteiger charge is 2.77. The Labute approximate surface area is 314 Å². The number of benzene rings is 2. The van der Waals surface area contributed by atoms with Gasteiger partial charge in [0, 0.05) is 36.7 Å². The van der Waals surface area contributed by atoms with Gasteiger partial charge in [-0.05, 0) is 42.7 Å². The van der Waals surface area contributed by atoms with Crippen molar-refractivity contribution in [3.8, 4) is 0 Å². The van der Waals surface area contributed by atoms with E-state index in [1.54, 1.807) is 88.4 Å². The summed E-state index contributed by atoms with van der Waals surface area (Å²) in [4.78, 5) is 27.9. The number of methoxy groups -OCH3 is 1. The average molecular weight is 756 g/mol. The molecule has 13 unspecified atom stereocenters. The monoisotopic (exact) mass is 755 g/mol. The van der Waals surface area contributed by atoms with E-state index >= 15 is 0 Å². The molecule has 1 saturated heterocycles. The maximum atomic E-state index is 14.2. The zero-order valence-electron chi connectivity index (χ0n) is 31.5. The standard InChI is InChI=1S/C40H53NO13/c1-21-25(53-36(47)30(44)29(41)23-13-9-7-10-14-23)18-40(48)34(54-35(46)24-15-11-8-12-16-24)32-38(5,26(43)17-27-39(32,19-50-27)51-20-49-6)33(45)31(52-22(2)42)28(21)37(40,3)4/h7-16,22,25-27,29-34,42-45,48H,17-20,41H2,1-6H3. The minimum absolute atomic E-state index is 0.00811. The number of nitrogens with two attached hydrogens (primary N) is 1. The Balaban J connectivity index is 1.56. The molecule has 3 aliphatic carbocycles. The molecular formula is C40H53NO13. The summed E-state index contributed by atoms with van der Waals surface area (Å²) < 4.78 is 36.3. The van der Waals surface area contributed by atoms with Gasteiger partial charge in [0.05, 0.1) is 36.5 Å². The largest absolute Gasteiger partial charge is 0.456 e. The molecule has 0 amide bonds. The molecule has 14 heteroatoms. The quantitative estimate of drug-likeness (QED) is 0.110. The number of aliphatic hydroxyl groups is 5. The van der Waals surface area contributed by atoms with Gasteiger partial charge in [0.2, 0.25) is 0 Å². The summed E-state index contributed by atoms with van der Waals surface area (Å²) in [5.74, 6) is -3.10. The van der Waals surface area contributed by atoms with Crippen molar-refractivity contribution in [1.82, 2.24) is 0 Å². The highest BCUT2D eigenvalue weighted by molar-refractivity contribution is 5.89. The van der Waals surface area contributed by atoms with Crippen molar-refractivity contribution < 1.29 is 63.5 Å². The van der Waals surface area contributed by atoms with Crippen LogP contribution in [0.5, 0.6) is 0 Å². The van der Waals surface area contributed by atoms with Gasteiger partial charge in [0.15, 0.2) is 12.4 Å². The third-order valence-electron chi connectivity index (χ3n) is 12.6. The van der Waals surface area contributed by atoms with Gasteiger partial charge in [-0.25, -0.2) is 9.59 Å². The van der Waals surface area contributed by atoms with Gasteiger partial charge in [0.25, 0.3) is 0 Å². The van der Waals surface area contributed by atoms with Gasteiger partial charge < -0.3 is 59.7 Å². The maximum absolute atomic E-state index is 14.2. The normalized spacial score (nSPS) is 37.3. The lowest BCUT2D eigenvalue weighted by Crippen LogP contribution is -2.82. The summed E-state index contributed by atoms with van der Waals surface area (Å²) >= 11 is 0. The van der Waals surface area contributed by atoms with Crippen molar-refractivity contribution >= 4 is 11.9 Å².